The van der Waals surface area contributed by atoms with Gasteiger partial charge < -0.3 is 14.4 Å². The normalized spacial score (nSPS) is 10.6. The average molecular weight is 340 g/mol. The summed E-state index contributed by atoms with van der Waals surface area (Å²) in [6.45, 7) is 3.53. The molecule has 0 aliphatic rings. The number of pyridine rings is 1. The van der Waals surface area contributed by atoms with Gasteiger partial charge in [0.15, 0.2) is 0 Å². The second kappa shape index (κ2) is 5.62. The van der Waals surface area contributed by atoms with Gasteiger partial charge in [-0.1, -0.05) is 5.16 Å². The summed E-state index contributed by atoms with van der Waals surface area (Å²) >= 11 is 3.16. The first-order valence-corrected chi connectivity index (χ1v) is 6.75. The van der Waals surface area contributed by atoms with Crippen molar-refractivity contribution in [1.82, 2.24) is 9.72 Å². The van der Waals surface area contributed by atoms with Gasteiger partial charge in [0, 0.05) is 25.0 Å². The molecule has 2 heterocycles. The molecule has 0 spiro atoms. The smallest absolute Gasteiger partial charge is 0.229 e. The number of aromatic nitrogens is 2. The van der Waals surface area contributed by atoms with Crippen LogP contribution >= 0.6 is 15.9 Å². The summed E-state index contributed by atoms with van der Waals surface area (Å²) in [5.41, 5.74) is 1.41. The van der Waals surface area contributed by atoms with E-state index in [-0.39, 0.29) is 23.4 Å². The van der Waals surface area contributed by atoms with Crippen LogP contribution in [0.5, 0.6) is 0 Å². The van der Waals surface area contributed by atoms with Gasteiger partial charge in [0.25, 0.3) is 0 Å². The second-order valence-electron chi connectivity index (χ2n) is 4.54. The maximum atomic E-state index is 12.0. The van der Waals surface area contributed by atoms with Crippen LogP contribution in [0.1, 0.15) is 17.0 Å². The van der Waals surface area contributed by atoms with Crippen LogP contribution in [0.15, 0.2) is 26.2 Å². The van der Waals surface area contributed by atoms with Gasteiger partial charge in [-0.15, -0.1) is 0 Å². The van der Waals surface area contributed by atoms with E-state index in [0.29, 0.717) is 15.9 Å². The molecule has 0 saturated carbocycles. The molecule has 0 aromatic carbocycles. The standard InChI is InChI=1S/C13H14BrN3O3/c1-7-9(8(2)20-16-7)4-12(18)15-11-6-17(3)5-10(14)13(11)19/h5-6H,4H2,1-3H3,(H,15,18). The quantitative estimate of drug-likeness (QED) is 0.926. The first-order valence-electron chi connectivity index (χ1n) is 5.96. The monoisotopic (exact) mass is 339 g/mol. The van der Waals surface area contributed by atoms with E-state index in [0.717, 1.165) is 5.56 Å². The van der Waals surface area contributed by atoms with Crippen molar-refractivity contribution >= 4 is 27.5 Å². The predicted octanol–water partition coefficient (Wildman–Crippen LogP) is 1.93. The van der Waals surface area contributed by atoms with E-state index in [2.05, 4.69) is 26.4 Å². The second-order valence-corrected chi connectivity index (χ2v) is 5.40. The van der Waals surface area contributed by atoms with Crippen LogP contribution < -0.4 is 10.7 Å². The highest BCUT2D eigenvalue weighted by Gasteiger charge is 2.15. The summed E-state index contributed by atoms with van der Waals surface area (Å²) in [5, 5.41) is 6.41. The van der Waals surface area contributed by atoms with E-state index in [1.54, 1.807) is 37.9 Å². The number of halogens is 1. The topological polar surface area (TPSA) is 77.1 Å². The van der Waals surface area contributed by atoms with Crippen LogP contribution in [0, 0.1) is 13.8 Å². The van der Waals surface area contributed by atoms with E-state index in [9.17, 15) is 9.59 Å². The maximum absolute atomic E-state index is 12.0. The Morgan fingerprint density at radius 1 is 1.45 bits per heavy atom. The molecule has 20 heavy (non-hydrogen) atoms. The van der Waals surface area contributed by atoms with Gasteiger partial charge in [-0.3, -0.25) is 9.59 Å². The van der Waals surface area contributed by atoms with Crippen molar-refractivity contribution in [1.29, 1.82) is 0 Å². The lowest BCUT2D eigenvalue weighted by atomic mass is 10.1. The highest BCUT2D eigenvalue weighted by Crippen LogP contribution is 2.14. The van der Waals surface area contributed by atoms with Gasteiger partial charge in [-0.05, 0) is 29.8 Å². The van der Waals surface area contributed by atoms with Crippen molar-refractivity contribution in [3.05, 3.63) is 44.1 Å². The van der Waals surface area contributed by atoms with Crippen LogP contribution in [0.4, 0.5) is 5.69 Å². The number of hydrogen-bond acceptors (Lipinski definition) is 4. The van der Waals surface area contributed by atoms with E-state index in [1.165, 1.54) is 0 Å². The molecular weight excluding hydrogens is 326 g/mol. The summed E-state index contributed by atoms with van der Waals surface area (Å²) in [5.74, 6) is 0.328. The molecule has 0 atom stereocenters. The number of hydrogen-bond donors (Lipinski definition) is 1. The molecule has 1 amide bonds. The minimum atomic E-state index is -0.283. The zero-order valence-corrected chi connectivity index (χ0v) is 12.9. The molecule has 2 rings (SSSR count). The van der Waals surface area contributed by atoms with Crippen LogP contribution in [0.2, 0.25) is 0 Å². The fraction of sp³-hybridized carbons (Fsp3) is 0.308. The van der Waals surface area contributed by atoms with Crippen molar-refractivity contribution in [2.75, 3.05) is 5.32 Å². The van der Waals surface area contributed by atoms with Crippen molar-refractivity contribution in [3.63, 3.8) is 0 Å². The van der Waals surface area contributed by atoms with Crippen molar-refractivity contribution in [2.45, 2.75) is 20.3 Å². The zero-order chi connectivity index (χ0) is 14.9. The Morgan fingerprint density at radius 3 is 2.75 bits per heavy atom. The number of nitrogens with one attached hydrogen (secondary N) is 1. The van der Waals surface area contributed by atoms with Gasteiger partial charge in [-0.25, -0.2) is 0 Å². The lowest BCUT2D eigenvalue weighted by molar-refractivity contribution is -0.115. The van der Waals surface area contributed by atoms with Crippen LogP contribution in [-0.4, -0.2) is 15.6 Å². The Labute approximate surface area is 123 Å². The lowest BCUT2D eigenvalue weighted by Crippen LogP contribution is -2.21. The Kier molecular flexibility index (Phi) is 4.08. The van der Waals surface area contributed by atoms with Crippen molar-refractivity contribution in [3.8, 4) is 0 Å². The third-order valence-electron chi connectivity index (χ3n) is 2.90. The van der Waals surface area contributed by atoms with E-state index >= 15 is 0 Å². The summed E-state index contributed by atoms with van der Waals surface area (Å²) < 4.78 is 7.09. The summed E-state index contributed by atoms with van der Waals surface area (Å²) in [6, 6.07) is 0. The summed E-state index contributed by atoms with van der Waals surface area (Å²) in [7, 11) is 1.77. The minimum absolute atomic E-state index is 0.122. The lowest BCUT2D eigenvalue weighted by Gasteiger charge is -2.07. The van der Waals surface area contributed by atoms with Gasteiger partial charge in [0.1, 0.15) is 11.4 Å². The Hall–Kier alpha value is -1.89. The Bertz CT molecular complexity index is 699. The molecule has 7 heteroatoms. The first kappa shape index (κ1) is 14.5. The van der Waals surface area contributed by atoms with Gasteiger partial charge in [-0.2, -0.15) is 0 Å². The number of aryl methyl sites for hydroxylation is 3. The molecule has 0 unspecified atom stereocenters. The fourth-order valence-electron chi connectivity index (χ4n) is 1.86. The molecule has 0 saturated heterocycles. The summed E-state index contributed by atoms with van der Waals surface area (Å²) in [4.78, 5) is 23.9. The molecule has 6 nitrogen and oxygen atoms in total. The van der Waals surface area contributed by atoms with Crippen molar-refractivity contribution in [2.24, 2.45) is 7.05 Å². The van der Waals surface area contributed by atoms with Crippen LogP contribution in [0.25, 0.3) is 0 Å². The van der Waals surface area contributed by atoms with Gasteiger partial charge >= 0.3 is 0 Å². The van der Waals surface area contributed by atoms with Crippen molar-refractivity contribution < 1.29 is 9.32 Å². The first-order chi connectivity index (χ1) is 9.38. The molecule has 2 aromatic heterocycles. The number of nitrogens with zero attached hydrogens (tertiary/aromatic N) is 2. The van der Waals surface area contributed by atoms with Gasteiger partial charge in [0.05, 0.1) is 16.6 Å². The average Bonchev–Trinajstić information content (AvgIpc) is 2.67. The Balaban J connectivity index is 2.19. The molecule has 0 radical (unpaired) electrons. The molecule has 0 bridgehead atoms. The van der Waals surface area contributed by atoms with E-state index in [4.69, 9.17) is 4.52 Å². The number of rotatable bonds is 3. The van der Waals surface area contributed by atoms with Crippen LogP contribution in [0.3, 0.4) is 0 Å². The molecule has 106 valence electrons. The van der Waals surface area contributed by atoms with E-state index < -0.39 is 0 Å². The SMILES string of the molecule is Cc1noc(C)c1CC(=O)Nc1cn(C)cc(Br)c1=O. The number of carbonyl (C=O) groups excluding carboxylic acids is 1. The van der Waals surface area contributed by atoms with E-state index in [1.807, 2.05) is 0 Å². The maximum Gasteiger partial charge on any atom is 0.229 e. The zero-order valence-electron chi connectivity index (χ0n) is 11.4. The molecule has 2 aromatic rings. The molecule has 0 aliphatic carbocycles. The molecular formula is C13H14BrN3O3. The minimum Gasteiger partial charge on any atom is -0.361 e. The van der Waals surface area contributed by atoms with Crippen LogP contribution in [-0.2, 0) is 18.3 Å². The molecule has 0 aliphatic heterocycles. The third kappa shape index (κ3) is 2.98. The molecule has 1 N–H and O–H groups in total. The molecule has 0 fully saturated rings. The highest BCUT2D eigenvalue weighted by molar-refractivity contribution is 9.10. The third-order valence-corrected chi connectivity index (χ3v) is 3.47. The van der Waals surface area contributed by atoms with Gasteiger partial charge in [0.2, 0.25) is 11.3 Å². The predicted molar refractivity (Wildman–Crippen MR) is 77.7 cm³/mol. The fourth-order valence-corrected chi connectivity index (χ4v) is 2.40. The number of amides is 1. The summed E-state index contributed by atoms with van der Waals surface area (Å²) in [6.07, 6.45) is 3.32. The largest absolute Gasteiger partial charge is 0.361 e. The Morgan fingerprint density at radius 2 is 2.15 bits per heavy atom. The highest BCUT2D eigenvalue weighted by atomic mass is 79.9. The number of anilines is 1. The number of carbonyl (C=O) groups is 1.